The molecular weight excluding hydrogens is 535 g/mol. The highest BCUT2D eigenvalue weighted by Crippen LogP contribution is 2.50. The van der Waals surface area contributed by atoms with Crippen LogP contribution in [0.3, 0.4) is 0 Å². The van der Waals surface area contributed by atoms with Crippen molar-refractivity contribution in [2.75, 3.05) is 0 Å². The van der Waals surface area contributed by atoms with E-state index in [0.717, 1.165) is 32.0 Å². The van der Waals surface area contributed by atoms with Crippen molar-refractivity contribution in [3.05, 3.63) is 46.5 Å². The first-order valence-electron chi connectivity index (χ1n) is 13.0. The summed E-state index contributed by atoms with van der Waals surface area (Å²) in [6.45, 7) is 27.0. The van der Waals surface area contributed by atoms with Gasteiger partial charge in [-0.05, 0) is 52.8 Å². The number of thioether (sulfide) groups is 2. The van der Waals surface area contributed by atoms with Crippen LogP contribution in [0.25, 0.3) is 0 Å². The first-order chi connectivity index (χ1) is 16.8. The molecule has 1 atom stereocenters. The lowest BCUT2D eigenvalue weighted by Crippen LogP contribution is -2.19. The molecule has 0 aliphatic heterocycles. The second-order valence-electron chi connectivity index (χ2n) is 14.1. The third-order valence-corrected chi connectivity index (χ3v) is 8.87. The van der Waals surface area contributed by atoms with E-state index in [1.54, 1.807) is 23.5 Å². The number of phenols is 1. The Balaban J connectivity index is 2.57. The molecule has 0 saturated heterocycles. The van der Waals surface area contributed by atoms with Gasteiger partial charge in [0, 0.05) is 32.0 Å². The lowest BCUT2D eigenvalue weighted by molar-refractivity contribution is 0.278. The Hall–Kier alpha value is -1.11. The minimum absolute atomic E-state index is 0.134. The zero-order valence-corrected chi connectivity index (χ0v) is 27.8. The predicted molar refractivity (Wildman–Crippen MR) is 163 cm³/mol. The van der Waals surface area contributed by atoms with Gasteiger partial charge in [0.15, 0.2) is 0 Å². The van der Waals surface area contributed by atoms with Crippen LogP contribution < -0.4 is 4.52 Å². The standard InChI is InChI=1S/C30H47O5PS2/c1-18(37-19-14-21(27(2,3)4)25(31)22(15-19)28(5,6)7)38-20-16-23(29(8,9)10)26(35-36(32,33)34)24(17-20)30(11,12)13/h14-18,31H,1-13H3,(H2,32,33,34). The molecular formula is C30H47O5PS2. The maximum Gasteiger partial charge on any atom is 0.524 e. The van der Waals surface area contributed by atoms with Gasteiger partial charge in [-0.25, -0.2) is 4.57 Å². The van der Waals surface area contributed by atoms with Gasteiger partial charge in [-0.2, -0.15) is 0 Å². The molecule has 38 heavy (non-hydrogen) atoms. The molecule has 8 heteroatoms. The summed E-state index contributed by atoms with van der Waals surface area (Å²) in [6, 6.07) is 8.20. The van der Waals surface area contributed by atoms with Gasteiger partial charge < -0.3 is 9.63 Å². The monoisotopic (exact) mass is 582 g/mol. The fourth-order valence-electron chi connectivity index (χ4n) is 4.23. The first-order valence-corrected chi connectivity index (χ1v) is 16.2. The lowest BCUT2D eigenvalue weighted by Gasteiger charge is -2.31. The third-order valence-electron chi connectivity index (χ3n) is 6.19. The van der Waals surface area contributed by atoms with E-state index in [1.807, 2.05) is 53.7 Å². The second kappa shape index (κ2) is 11.0. The molecule has 1 unspecified atom stereocenters. The summed E-state index contributed by atoms with van der Waals surface area (Å²) in [7, 11) is -4.74. The first kappa shape index (κ1) is 33.1. The SMILES string of the molecule is CC(Sc1cc(C(C)(C)C)c(O)c(C(C)(C)C)c1)Sc1cc(C(C)(C)C)c(OP(=O)(O)O)c(C(C)(C)C)c1. The quantitative estimate of drug-likeness (QED) is 0.178. The highest BCUT2D eigenvalue weighted by atomic mass is 32.2. The van der Waals surface area contributed by atoms with Gasteiger partial charge in [0.25, 0.3) is 0 Å². The number of aromatic hydroxyl groups is 1. The molecule has 0 fully saturated rings. The summed E-state index contributed by atoms with van der Waals surface area (Å²) in [5.41, 5.74) is 2.23. The van der Waals surface area contributed by atoms with E-state index in [4.69, 9.17) is 4.52 Å². The predicted octanol–water partition coefficient (Wildman–Crippen LogP) is 9.28. The summed E-state index contributed by atoms with van der Waals surface area (Å²) in [4.78, 5) is 21.5. The fourth-order valence-corrected chi connectivity index (χ4v) is 7.03. The summed E-state index contributed by atoms with van der Waals surface area (Å²) in [5.74, 6) is 0.645. The molecule has 0 saturated carbocycles. The maximum absolute atomic E-state index is 11.9. The highest BCUT2D eigenvalue weighted by molar-refractivity contribution is 8.17. The summed E-state index contributed by atoms with van der Waals surface area (Å²) >= 11 is 3.45. The van der Waals surface area contributed by atoms with Crippen LogP contribution in [-0.2, 0) is 26.2 Å². The lowest BCUT2D eigenvalue weighted by atomic mass is 9.79. The number of phosphoric ester groups is 1. The Morgan fingerprint density at radius 2 is 0.947 bits per heavy atom. The largest absolute Gasteiger partial charge is 0.524 e. The molecule has 0 radical (unpaired) electrons. The Kier molecular flexibility index (Phi) is 9.62. The van der Waals surface area contributed by atoms with E-state index in [-0.39, 0.29) is 21.2 Å². The van der Waals surface area contributed by atoms with E-state index in [9.17, 15) is 19.5 Å². The molecule has 0 spiro atoms. The van der Waals surface area contributed by atoms with E-state index >= 15 is 0 Å². The Morgan fingerprint density at radius 1 is 0.658 bits per heavy atom. The van der Waals surface area contributed by atoms with Crippen molar-refractivity contribution in [2.45, 2.75) is 126 Å². The number of phenolic OH excluding ortho intramolecular Hbond substituents is 1. The molecule has 0 aliphatic rings. The second-order valence-corrected chi connectivity index (χ2v) is 18.4. The maximum atomic E-state index is 11.9. The van der Waals surface area contributed by atoms with Crippen LogP contribution in [0.5, 0.6) is 11.5 Å². The normalized spacial score (nSPS) is 14.5. The molecule has 0 amide bonds. The van der Waals surface area contributed by atoms with Crippen LogP contribution in [0.2, 0.25) is 0 Å². The van der Waals surface area contributed by atoms with Crippen LogP contribution in [0, 0.1) is 0 Å². The Labute approximate surface area is 238 Å². The van der Waals surface area contributed by atoms with Crippen molar-refractivity contribution >= 4 is 31.3 Å². The van der Waals surface area contributed by atoms with Gasteiger partial charge in [-0.3, -0.25) is 9.79 Å². The summed E-state index contributed by atoms with van der Waals surface area (Å²) in [6.07, 6.45) is 0. The Morgan fingerprint density at radius 3 is 1.21 bits per heavy atom. The molecule has 0 heterocycles. The molecule has 0 aromatic heterocycles. The molecule has 0 bridgehead atoms. The minimum atomic E-state index is -4.74. The molecule has 2 aromatic rings. The van der Waals surface area contributed by atoms with E-state index in [0.29, 0.717) is 5.75 Å². The van der Waals surface area contributed by atoms with Crippen molar-refractivity contribution in [3.8, 4) is 11.5 Å². The van der Waals surface area contributed by atoms with E-state index in [2.05, 4.69) is 60.6 Å². The van der Waals surface area contributed by atoms with Gasteiger partial charge in [0.2, 0.25) is 0 Å². The minimum Gasteiger partial charge on any atom is -0.507 e. The van der Waals surface area contributed by atoms with Gasteiger partial charge in [-0.1, -0.05) is 83.1 Å². The molecule has 3 N–H and O–H groups in total. The number of benzene rings is 2. The molecule has 2 aromatic carbocycles. The molecule has 0 aliphatic carbocycles. The topological polar surface area (TPSA) is 87.0 Å². The van der Waals surface area contributed by atoms with Crippen LogP contribution in [-0.4, -0.2) is 19.5 Å². The van der Waals surface area contributed by atoms with Gasteiger partial charge in [-0.15, -0.1) is 23.5 Å². The number of hydrogen-bond acceptors (Lipinski definition) is 5. The average molecular weight is 583 g/mol. The van der Waals surface area contributed by atoms with Crippen molar-refractivity contribution in [2.24, 2.45) is 0 Å². The molecule has 214 valence electrons. The van der Waals surface area contributed by atoms with Crippen molar-refractivity contribution in [1.29, 1.82) is 0 Å². The van der Waals surface area contributed by atoms with Crippen molar-refractivity contribution in [1.82, 2.24) is 0 Å². The number of phosphoric acid groups is 1. The highest BCUT2D eigenvalue weighted by Gasteiger charge is 2.32. The van der Waals surface area contributed by atoms with Gasteiger partial charge in [0.1, 0.15) is 11.5 Å². The smallest absolute Gasteiger partial charge is 0.507 e. The number of hydrogen-bond donors (Lipinski definition) is 3. The molecule has 5 nitrogen and oxygen atoms in total. The van der Waals surface area contributed by atoms with E-state index in [1.165, 1.54) is 0 Å². The average Bonchev–Trinajstić information content (AvgIpc) is 2.65. The zero-order chi connectivity index (χ0) is 29.6. The fraction of sp³-hybridized carbons (Fsp3) is 0.600. The summed E-state index contributed by atoms with van der Waals surface area (Å²) in [5, 5.41) is 11.1. The van der Waals surface area contributed by atoms with Crippen LogP contribution in [0.15, 0.2) is 34.1 Å². The summed E-state index contributed by atoms with van der Waals surface area (Å²) < 4.78 is 17.3. The van der Waals surface area contributed by atoms with Crippen LogP contribution >= 0.6 is 31.3 Å². The van der Waals surface area contributed by atoms with Crippen molar-refractivity contribution in [3.63, 3.8) is 0 Å². The molecule has 2 rings (SSSR count). The van der Waals surface area contributed by atoms with Gasteiger partial charge in [0.05, 0.1) is 4.58 Å². The van der Waals surface area contributed by atoms with Gasteiger partial charge >= 0.3 is 7.82 Å². The number of rotatable bonds is 6. The van der Waals surface area contributed by atoms with E-state index < -0.39 is 18.7 Å². The third kappa shape index (κ3) is 8.69. The Bertz CT molecular complexity index is 1140. The van der Waals surface area contributed by atoms with Crippen molar-refractivity contribution < 1.29 is 24.0 Å². The van der Waals surface area contributed by atoms with Crippen LogP contribution in [0.1, 0.15) is 112 Å². The zero-order valence-electron chi connectivity index (χ0n) is 25.3. The van der Waals surface area contributed by atoms with Crippen LogP contribution in [0.4, 0.5) is 0 Å².